The van der Waals surface area contributed by atoms with Crippen LogP contribution >= 0.6 is 7.82 Å². The van der Waals surface area contributed by atoms with Gasteiger partial charge in [0.1, 0.15) is 12.6 Å². The monoisotopic (exact) mass is 623 g/mol. The molecule has 0 aromatic carbocycles. The van der Waals surface area contributed by atoms with Crippen molar-refractivity contribution in [2.75, 3.05) is 19.8 Å². The van der Waals surface area contributed by atoms with E-state index in [1.807, 2.05) is 6.92 Å². The average molecular weight is 624 g/mol. The Bertz CT molecular complexity index is 752. The number of hydrogen-bond donors (Lipinski definition) is 3. The van der Waals surface area contributed by atoms with E-state index in [2.05, 4.69) is 11.4 Å². The zero-order valence-corrected chi connectivity index (χ0v) is 27.0. The van der Waals surface area contributed by atoms with Crippen molar-refractivity contribution in [2.45, 2.75) is 154 Å². The van der Waals surface area contributed by atoms with Crippen molar-refractivity contribution in [1.29, 1.82) is 0 Å². The quantitative estimate of drug-likeness (QED) is 0.0435. The number of esters is 2. The number of nitrogens with two attached hydrogens (primary N) is 1. The van der Waals surface area contributed by atoms with Crippen LogP contribution in [-0.4, -0.2) is 59.9 Å². The highest BCUT2D eigenvalue weighted by atomic mass is 31.2. The summed E-state index contributed by atoms with van der Waals surface area (Å²) in [5, 5.41) is 8.78. The van der Waals surface area contributed by atoms with Crippen LogP contribution in [0.5, 0.6) is 0 Å². The molecule has 0 saturated heterocycles. The van der Waals surface area contributed by atoms with Crippen molar-refractivity contribution >= 4 is 25.7 Å². The molecule has 42 heavy (non-hydrogen) atoms. The topological polar surface area (TPSA) is 172 Å². The molecule has 3 atom stereocenters. The molecule has 3 unspecified atom stereocenters. The molecule has 0 aromatic heterocycles. The smallest absolute Gasteiger partial charge is 0.472 e. The first kappa shape index (κ1) is 40.5. The lowest BCUT2D eigenvalue weighted by molar-refractivity contribution is -0.161. The van der Waals surface area contributed by atoms with E-state index >= 15 is 0 Å². The molecule has 0 spiro atoms. The molecule has 0 radical (unpaired) electrons. The lowest BCUT2D eigenvalue weighted by Gasteiger charge is -2.20. The minimum absolute atomic E-state index is 0.167. The molecule has 0 heterocycles. The number of carboxylic acid groups (broad SMARTS) is 1. The summed E-state index contributed by atoms with van der Waals surface area (Å²) in [7, 11) is -4.68. The summed E-state index contributed by atoms with van der Waals surface area (Å²) in [6.45, 7) is 2.58. The maximum atomic E-state index is 12.4. The summed E-state index contributed by atoms with van der Waals surface area (Å²) in [4.78, 5) is 45.0. The normalized spacial score (nSPS) is 14.2. The third-order valence-corrected chi connectivity index (χ3v) is 7.81. The van der Waals surface area contributed by atoms with Crippen molar-refractivity contribution < 1.29 is 47.5 Å². The lowest BCUT2D eigenvalue weighted by atomic mass is 10.0. The average Bonchev–Trinajstić information content (AvgIpc) is 2.95. The predicted octanol–water partition coefficient (Wildman–Crippen LogP) is 6.83. The molecule has 0 bridgehead atoms. The second-order valence-electron chi connectivity index (χ2n) is 11.0. The van der Waals surface area contributed by atoms with Gasteiger partial charge in [0.2, 0.25) is 0 Å². The zero-order valence-electron chi connectivity index (χ0n) is 26.1. The number of carboxylic acids is 1. The van der Waals surface area contributed by atoms with Crippen LogP contribution < -0.4 is 5.73 Å². The number of ether oxygens (including phenoxy) is 2. The van der Waals surface area contributed by atoms with Gasteiger partial charge in [-0.2, -0.15) is 0 Å². The predicted molar refractivity (Wildman–Crippen MR) is 162 cm³/mol. The number of phosphoric acid groups is 1. The molecule has 0 fully saturated rings. The van der Waals surface area contributed by atoms with Crippen LogP contribution in [0.25, 0.3) is 0 Å². The van der Waals surface area contributed by atoms with Gasteiger partial charge in [-0.3, -0.25) is 23.4 Å². The van der Waals surface area contributed by atoms with Gasteiger partial charge in [-0.25, -0.2) is 4.57 Å². The molecule has 0 aliphatic rings. The molecule has 4 N–H and O–H groups in total. The first-order chi connectivity index (χ1) is 20.1. The van der Waals surface area contributed by atoms with E-state index in [0.29, 0.717) is 12.8 Å². The maximum Gasteiger partial charge on any atom is 0.472 e. The molecule has 0 amide bonds. The van der Waals surface area contributed by atoms with Crippen molar-refractivity contribution in [3.8, 4) is 0 Å². The van der Waals surface area contributed by atoms with Gasteiger partial charge in [-0.15, -0.1) is 0 Å². The number of unbranched alkanes of at least 4 members (excludes halogenated alkanes) is 16. The fourth-order valence-corrected chi connectivity index (χ4v) is 5.02. The van der Waals surface area contributed by atoms with Crippen LogP contribution in [0.3, 0.4) is 0 Å². The van der Waals surface area contributed by atoms with E-state index in [-0.39, 0.29) is 19.4 Å². The Morgan fingerprint density at radius 2 is 1.05 bits per heavy atom. The number of hydrogen-bond acceptors (Lipinski definition) is 9. The van der Waals surface area contributed by atoms with Gasteiger partial charge in [0, 0.05) is 12.8 Å². The number of carbonyl (C=O) groups excluding carboxylic acids is 2. The largest absolute Gasteiger partial charge is 0.480 e. The Labute approximate surface area is 253 Å². The second kappa shape index (κ2) is 27.1. The third-order valence-electron chi connectivity index (χ3n) is 6.86. The summed E-state index contributed by atoms with van der Waals surface area (Å²) in [5.74, 6) is -2.40. The van der Waals surface area contributed by atoms with E-state index in [4.69, 9.17) is 24.8 Å². The number of carbonyl (C=O) groups is 3. The number of phosphoric ester groups is 1. The summed E-state index contributed by atoms with van der Waals surface area (Å²) >= 11 is 0. The minimum Gasteiger partial charge on any atom is -0.480 e. The molecular weight excluding hydrogens is 565 g/mol. The molecule has 0 aliphatic carbocycles. The van der Waals surface area contributed by atoms with Crippen LogP contribution in [0.4, 0.5) is 0 Å². The van der Waals surface area contributed by atoms with E-state index in [1.54, 1.807) is 0 Å². The van der Waals surface area contributed by atoms with Crippen molar-refractivity contribution in [3.63, 3.8) is 0 Å². The maximum absolute atomic E-state index is 12.4. The molecule has 12 heteroatoms. The fraction of sp³-hybridized carbons (Fsp3) is 0.900. The highest BCUT2D eigenvalue weighted by Crippen LogP contribution is 2.43. The van der Waals surface area contributed by atoms with Gasteiger partial charge in [0.15, 0.2) is 6.10 Å². The van der Waals surface area contributed by atoms with Crippen molar-refractivity contribution in [2.24, 2.45) is 5.73 Å². The highest BCUT2D eigenvalue weighted by molar-refractivity contribution is 7.47. The Balaban J connectivity index is 4.28. The van der Waals surface area contributed by atoms with Gasteiger partial charge in [0.25, 0.3) is 0 Å². The van der Waals surface area contributed by atoms with Gasteiger partial charge in [-0.1, -0.05) is 117 Å². The number of aliphatic carboxylic acids is 1. The van der Waals surface area contributed by atoms with Crippen LogP contribution in [0.2, 0.25) is 0 Å². The SMILES string of the molecule is CCCCCCCCCCCCCCCCCC(=O)OC(COC(=O)CCCCC)COP(=O)(O)OCC(N)C(=O)O. The highest BCUT2D eigenvalue weighted by Gasteiger charge is 2.28. The Morgan fingerprint density at radius 1 is 0.643 bits per heavy atom. The molecule has 11 nitrogen and oxygen atoms in total. The molecule has 0 saturated carbocycles. The third kappa shape index (κ3) is 26.1. The first-order valence-electron chi connectivity index (χ1n) is 16.1. The molecule has 0 aromatic rings. The van der Waals surface area contributed by atoms with Gasteiger partial charge < -0.3 is 25.2 Å². The van der Waals surface area contributed by atoms with E-state index in [0.717, 1.165) is 32.1 Å². The zero-order chi connectivity index (χ0) is 31.5. The van der Waals surface area contributed by atoms with E-state index in [9.17, 15) is 23.8 Å². The Hall–Kier alpha value is -1.52. The van der Waals surface area contributed by atoms with Crippen molar-refractivity contribution in [1.82, 2.24) is 0 Å². The fourth-order valence-electron chi connectivity index (χ4n) is 4.24. The van der Waals surface area contributed by atoms with Gasteiger partial charge in [-0.05, 0) is 12.8 Å². The van der Waals surface area contributed by atoms with Crippen molar-refractivity contribution in [3.05, 3.63) is 0 Å². The second-order valence-corrected chi connectivity index (χ2v) is 12.4. The number of rotatable bonds is 30. The first-order valence-corrected chi connectivity index (χ1v) is 17.6. The standard InChI is InChI=1S/C30H58NO10P/c1-3-5-7-8-9-10-11-12-13-14-15-16-17-18-20-22-29(33)41-26(23-38-28(32)21-19-6-4-2)24-39-42(36,37)40-25-27(31)30(34)35/h26-27H,3-25,31H2,1-2H3,(H,34,35)(H,36,37). The van der Waals surface area contributed by atoms with Crippen LogP contribution in [0, 0.1) is 0 Å². The summed E-state index contributed by atoms with van der Waals surface area (Å²) in [6, 6.07) is -1.51. The Kier molecular flexibility index (Phi) is 26.1. The molecular formula is C30H58NO10P. The van der Waals surface area contributed by atoms with E-state index < -0.39 is 51.1 Å². The molecule has 248 valence electrons. The van der Waals surface area contributed by atoms with Gasteiger partial charge in [0.05, 0.1) is 13.2 Å². The summed E-state index contributed by atoms with van der Waals surface area (Å²) in [6.07, 6.45) is 19.9. The Morgan fingerprint density at radius 3 is 1.55 bits per heavy atom. The molecule has 0 aliphatic heterocycles. The van der Waals surface area contributed by atoms with Crippen LogP contribution in [0.1, 0.15) is 142 Å². The lowest BCUT2D eigenvalue weighted by Crippen LogP contribution is -2.34. The van der Waals surface area contributed by atoms with Crippen LogP contribution in [-0.2, 0) is 37.5 Å². The minimum atomic E-state index is -4.68. The van der Waals surface area contributed by atoms with Crippen LogP contribution in [0.15, 0.2) is 0 Å². The van der Waals surface area contributed by atoms with Gasteiger partial charge >= 0.3 is 25.7 Å². The molecule has 0 rings (SSSR count). The van der Waals surface area contributed by atoms with E-state index in [1.165, 1.54) is 70.6 Å². The summed E-state index contributed by atoms with van der Waals surface area (Å²) < 4.78 is 32.1. The summed E-state index contributed by atoms with van der Waals surface area (Å²) in [5.41, 5.74) is 5.27.